The van der Waals surface area contributed by atoms with Crippen LogP contribution in [-0.2, 0) is 13.2 Å². The molecule has 0 aliphatic carbocycles. The summed E-state index contributed by atoms with van der Waals surface area (Å²) in [7, 11) is 1.62. The van der Waals surface area contributed by atoms with Crippen molar-refractivity contribution in [1.29, 1.82) is 0 Å². The lowest BCUT2D eigenvalue weighted by Gasteiger charge is -2.17. The Morgan fingerprint density at radius 3 is 1.86 bits per heavy atom. The summed E-state index contributed by atoms with van der Waals surface area (Å²) in [6.07, 6.45) is 0. The van der Waals surface area contributed by atoms with Crippen molar-refractivity contribution < 1.29 is 19.1 Å². The van der Waals surface area contributed by atoms with Crippen LogP contribution < -0.4 is 9.47 Å². The highest BCUT2D eigenvalue weighted by molar-refractivity contribution is 6.21. The number of carbonyl (C=O) groups is 2. The Balaban J connectivity index is 1.50. The molecule has 3 aromatic carbocycles. The third kappa shape index (κ3) is 3.34. The lowest BCUT2D eigenvalue weighted by Crippen LogP contribution is -2.29. The Kier molecular flexibility index (Phi) is 4.81. The zero-order valence-electron chi connectivity index (χ0n) is 15.4. The molecule has 0 fully saturated rings. The van der Waals surface area contributed by atoms with Crippen molar-refractivity contribution in [2.24, 2.45) is 0 Å². The molecule has 1 heterocycles. The molecular weight excluding hydrogens is 354 g/mol. The van der Waals surface area contributed by atoms with Gasteiger partial charge in [0.25, 0.3) is 11.8 Å². The lowest BCUT2D eigenvalue weighted by molar-refractivity contribution is 0.0641. The standard InChI is InChI=1S/C23H19NO4/c1-27-18-10-12-19(13-11-18)28-15-17-7-3-2-6-16(17)14-24-22(25)20-8-4-5-9-21(20)23(24)26/h2-13H,14-15H2,1H3. The first-order chi connectivity index (χ1) is 13.7. The van der Waals surface area contributed by atoms with Crippen LogP contribution in [0.2, 0.25) is 0 Å². The predicted molar refractivity (Wildman–Crippen MR) is 104 cm³/mol. The molecule has 1 aliphatic rings. The van der Waals surface area contributed by atoms with Crippen molar-refractivity contribution in [2.75, 3.05) is 7.11 Å². The van der Waals surface area contributed by atoms with Crippen molar-refractivity contribution >= 4 is 11.8 Å². The molecule has 0 aromatic heterocycles. The number of fused-ring (bicyclic) bond motifs is 1. The molecule has 0 unspecified atom stereocenters. The number of carbonyl (C=O) groups excluding carboxylic acids is 2. The average molecular weight is 373 g/mol. The van der Waals surface area contributed by atoms with Gasteiger partial charge >= 0.3 is 0 Å². The SMILES string of the molecule is COc1ccc(OCc2ccccc2CN2C(=O)c3ccccc3C2=O)cc1. The van der Waals surface area contributed by atoms with Gasteiger partial charge in [0, 0.05) is 0 Å². The van der Waals surface area contributed by atoms with Crippen molar-refractivity contribution in [1.82, 2.24) is 4.90 Å². The van der Waals surface area contributed by atoms with Gasteiger partial charge in [-0.2, -0.15) is 0 Å². The largest absolute Gasteiger partial charge is 0.497 e. The van der Waals surface area contributed by atoms with Crippen molar-refractivity contribution in [3.63, 3.8) is 0 Å². The van der Waals surface area contributed by atoms with Crippen LogP contribution in [-0.4, -0.2) is 23.8 Å². The van der Waals surface area contributed by atoms with E-state index in [4.69, 9.17) is 9.47 Å². The monoisotopic (exact) mass is 373 g/mol. The normalized spacial score (nSPS) is 12.8. The summed E-state index contributed by atoms with van der Waals surface area (Å²) >= 11 is 0. The Labute approximate surface area is 163 Å². The molecule has 5 heteroatoms. The topological polar surface area (TPSA) is 55.8 Å². The number of hydrogen-bond acceptors (Lipinski definition) is 4. The lowest BCUT2D eigenvalue weighted by atomic mass is 10.1. The van der Waals surface area contributed by atoms with Crippen molar-refractivity contribution in [3.05, 3.63) is 95.1 Å². The minimum atomic E-state index is -0.258. The van der Waals surface area contributed by atoms with E-state index in [1.165, 1.54) is 4.90 Å². The molecule has 4 rings (SSSR count). The maximum absolute atomic E-state index is 12.6. The second-order valence-corrected chi connectivity index (χ2v) is 6.47. The summed E-state index contributed by atoms with van der Waals surface area (Å²) < 4.78 is 11.0. The summed E-state index contributed by atoms with van der Waals surface area (Å²) in [5, 5.41) is 0. The van der Waals surface area contributed by atoms with E-state index in [2.05, 4.69) is 0 Å². The zero-order valence-corrected chi connectivity index (χ0v) is 15.4. The number of imide groups is 1. The van der Waals surface area contributed by atoms with Crippen LogP contribution >= 0.6 is 0 Å². The molecule has 1 aliphatic heterocycles. The van der Waals surface area contributed by atoms with Crippen LogP contribution in [0.25, 0.3) is 0 Å². The Morgan fingerprint density at radius 1 is 0.714 bits per heavy atom. The highest BCUT2D eigenvalue weighted by Gasteiger charge is 2.35. The van der Waals surface area contributed by atoms with Gasteiger partial charge in [-0.05, 0) is 47.5 Å². The first kappa shape index (κ1) is 17.8. The molecule has 0 N–H and O–H groups in total. The fourth-order valence-electron chi connectivity index (χ4n) is 3.24. The van der Waals surface area contributed by atoms with Gasteiger partial charge in [-0.25, -0.2) is 0 Å². The zero-order chi connectivity index (χ0) is 19.5. The van der Waals surface area contributed by atoms with Crippen LogP contribution in [0.1, 0.15) is 31.8 Å². The molecule has 2 amide bonds. The van der Waals surface area contributed by atoms with E-state index in [0.29, 0.717) is 17.7 Å². The van der Waals surface area contributed by atoms with Crippen LogP contribution in [0.3, 0.4) is 0 Å². The Bertz CT molecular complexity index is 992. The number of nitrogens with zero attached hydrogens (tertiary/aromatic N) is 1. The number of hydrogen-bond donors (Lipinski definition) is 0. The number of rotatable bonds is 6. The second kappa shape index (κ2) is 7.56. The fraction of sp³-hybridized carbons (Fsp3) is 0.130. The van der Waals surface area contributed by atoms with E-state index in [1.54, 1.807) is 31.4 Å². The molecular formula is C23H19NO4. The fourth-order valence-corrected chi connectivity index (χ4v) is 3.24. The minimum Gasteiger partial charge on any atom is -0.497 e. The van der Waals surface area contributed by atoms with Gasteiger partial charge < -0.3 is 9.47 Å². The number of benzene rings is 3. The van der Waals surface area contributed by atoms with E-state index < -0.39 is 0 Å². The molecule has 0 atom stereocenters. The van der Waals surface area contributed by atoms with Gasteiger partial charge in [-0.15, -0.1) is 0 Å². The maximum atomic E-state index is 12.6. The molecule has 5 nitrogen and oxygen atoms in total. The molecule has 3 aromatic rings. The minimum absolute atomic E-state index is 0.217. The van der Waals surface area contributed by atoms with Crippen LogP contribution in [0.4, 0.5) is 0 Å². The molecule has 28 heavy (non-hydrogen) atoms. The molecule has 0 bridgehead atoms. The first-order valence-electron chi connectivity index (χ1n) is 8.96. The van der Waals surface area contributed by atoms with Crippen molar-refractivity contribution in [2.45, 2.75) is 13.2 Å². The van der Waals surface area contributed by atoms with Crippen LogP contribution in [0.5, 0.6) is 11.5 Å². The maximum Gasteiger partial charge on any atom is 0.261 e. The highest BCUT2D eigenvalue weighted by Crippen LogP contribution is 2.26. The van der Waals surface area contributed by atoms with E-state index in [-0.39, 0.29) is 18.4 Å². The van der Waals surface area contributed by atoms with Crippen molar-refractivity contribution in [3.8, 4) is 11.5 Å². The third-order valence-corrected chi connectivity index (χ3v) is 4.78. The quantitative estimate of drug-likeness (QED) is 0.611. The molecule has 0 saturated heterocycles. The highest BCUT2D eigenvalue weighted by atomic mass is 16.5. The van der Waals surface area contributed by atoms with E-state index >= 15 is 0 Å². The van der Waals surface area contributed by atoms with Crippen LogP contribution in [0.15, 0.2) is 72.8 Å². The van der Waals surface area contributed by atoms with Gasteiger partial charge in [0.15, 0.2) is 0 Å². The van der Waals surface area contributed by atoms with Gasteiger partial charge in [-0.1, -0.05) is 36.4 Å². The number of methoxy groups -OCH3 is 1. The summed E-state index contributed by atoms with van der Waals surface area (Å²) in [6, 6.07) is 21.9. The summed E-state index contributed by atoms with van der Waals surface area (Å²) in [4.78, 5) is 26.5. The summed E-state index contributed by atoms with van der Waals surface area (Å²) in [6.45, 7) is 0.556. The smallest absolute Gasteiger partial charge is 0.261 e. The van der Waals surface area contributed by atoms with E-state index in [0.717, 1.165) is 22.6 Å². The second-order valence-electron chi connectivity index (χ2n) is 6.47. The summed E-state index contributed by atoms with van der Waals surface area (Å²) in [5.74, 6) is 0.965. The third-order valence-electron chi connectivity index (χ3n) is 4.78. The first-order valence-corrected chi connectivity index (χ1v) is 8.96. The molecule has 0 saturated carbocycles. The van der Waals surface area contributed by atoms with Gasteiger partial charge in [0.05, 0.1) is 24.8 Å². The van der Waals surface area contributed by atoms with E-state index in [9.17, 15) is 9.59 Å². The van der Waals surface area contributed by atoms with Gasteiger partial charge in [-0.3, -0.25) is 14.5 Å². The van der Waals surface area contributed by atoms with E-state index in [1.807, 2.05) is 48.5 Å². The molecule has 0 spiro atoms. The summed E-state index contributed by atoms with van der Waals surface area (Å²) in [5.41, 5.74) is 2.72. The Morgan fingerprint density at radius 2 is 1.25 bits per heavy atom. The van der Waals surface area contributed by atoms with Crippen LogP contribution in [0, 0.1) is 0 Å². The van der Waals surface area contributed by atoms with Gasteiger partial charge in [0.1, 0.15) is 18.1 Å². The predicted octanol–water partition coefficient (Wildman–Crippen LogP) is 4.07. The molecule has 0 radical (unpaired) electrons. The molecule has 140 valence electrons. The number of ether oxygens (including phenoxy) is 2. The Hall–Kier alpha value is -3.60. The van der Waals surface area contributed by atoms with Gasteiger partial charge in [0.2, 0.25) is 0 Å². The number of amides is 2. The average Bonchev–Trinajstić information content (AvgIpc) is 2.98.